The van der Waals surface area contributed by atoms with Crippen LogP contribution >= 0.6 is 0 Å². The fraction of sp³-hybridized carbons (Fsp3) is 0.667. The lowest BCUT2D eigenvalue weighted by atomic mass is 9.91. The summed E-state index contributed by atoms with van der Waals surface area (Å²) in [5, 5.41) is 3.91. The molecule has 0 spiro atoms. The van der Waals surface area contributed by atoms with Crippen molar-refractivity contribution in [2.45, 2.75) is 64.0 Å². The molecule has 0 radical (unpaired) electrons. The maximum absolute atomic E-state index is 6.42. The minimum Gasteiger partial charge on any atom is -0.339 e. The van der Waals surface area contributed by atoms with E-state index in [9.17, 15) is 0 Å². The van der Waals surface area contributed by atoms with E-state index in [0.717, 1.165) is 56.9 Å². The summed E-state index contributed by atoms with van der Waals surface area (Å²) in [5.74, 6) is 1.96. The number of piperidine rings is 1. The molecule has 2 atom stereocenters. The van der Waals surface area contributed by atoms with Crippen molar-refractivity contribution in [3.63, 3.8) is 0 Å². The number of nitrogens with two attached hydrogens (primary N) is 1. The van der Waals surface area contributed by atoms with Gasteiger partial charge in [0.2, 0.25) is 5.89 Å². The molecule has 3 rings (SSSR count). The average molecular weight is 316 g/mol. The van der Waals surface area contributed by atoms with Crippen LogP contribution in [-0.2, 0) is 0 Å². The van der Waals surface area contributed by atoms with Crippen LogP contribution in [0.5, 0.6) is 0 Å². The molecule has 0 saturated carbocycles. The molecule has 2 N–H and O–H groups in total. The molecule has 1 unspecified atom stereocenters. The Labute approximate surface area is 138 Å². The Balaban J connectivity index is 1.49. The molecule has 23 heavy (non-hydrogen) atoms. The van der Waals surface area contributed by atoms with Gasteiger partial charge in [0.05, 0.1) is 0 Å². The number of aromatic nitrogens is 2. The van der Waals surface area contributed by atoms with E-state index in [1.54, 1.807) is 0 Å². The Morgan fingerprint density at radius 3 is 2.78 bits per heavy atom. The zero-order chi connectivity index (χ0) is 16.2. The van der Waals surface area contributed by atoms with Crippen molar-refractivity contribution in [3.05, 3.63) is 35.5 Å². The smallest absolute Gasteiger partial charge is 0.229 e. The highest BCUT2D eigenvalue weighted by molar-refractivity contribution is 5.22. The minimum absolute atomic E-state index is 0.186. The zero-order valence-corrected chi connectivity index (χ0v) is 14.2. The first-order chi connectivity index (χ1) is 11.1. The number of aryl methyl sites for hydroxylation is 1. The molecule has 126 valence electrons. The monoisotopic (exact) mass is 316 g/mol. The number of rotatable bonds is 5. The third kappa shape index (κ3) is 4.09. The molecule has 1 fully saturated rings. The maximum atomic E-state index is 6.42. The predicted molar refractivity (Wildman–Crippen MR) is 91.1 cm³/mol. The molecule has 1 aliphatic heterocycles. The average Bonchev–Trinajstić information content (AvgIpc) is 3.02. The van der Waals surface area contributed by atoms with Gasteiger partial charge in [-0.1, -0.05) is 29.0 Å². The third-order valence-electron chi connectivity index (χ3n) is 5.16. The van der Waals surface area contributed by atoms with Crippen LogP contribution < -0.4 is 5.73 Å². The van der Waals surface area contributed by atoms with Gasteiger partial charge in [-0.2, -0.15) is 4.98 Å². The molecule has 0 amide bonds. The first kappa shape index (κ1) is 16.4. The fourth-order valence-corrected chi connectivity index (χ4v) is 3.66. The van der Waals surface area contributed by atoms with E-state index in [-0.39, 0.29) is 6.04 Å². The Kier molecular flexibility index (Phi) is 5.28. The van der Waals surface area contributed by atoms with Crippen molar-refractivity contribution in [3.8, 4) is 0 Å². The van der Waals surface area contributed by atoms with Gasteiger partial charge in [0.25, 0.3) is 0 Å². The highest BCUT2D eigenvalue weighted by atomic mass is 16.5. The predicted octanol–water partition coefficient (Wildman–Crippen LogP) is 2.94. The van der Waals surface area contributed by atoms with E-state index in [1.807, 2.05) is 6.92 Å². The van der Waals surface area contributed by atoms with Crippen LogP contribution in [0.2, 0.25) is 0 Å². The van der Waals surface area contributed by atoms with Crippen LogP contribution in [0.3, 0.4) is 0 Å². The second-order valence-corrected chi connectivity index (χ2v) is 6.89. The second-order valence-electron chi connectivity index (χ2n) is 6.89. The summed E-state index contributed by atoms with van der Waals surface area (Å²) in [7, 11) is 0. The van der Waals surface area contributed by atoms with E-state index in [4.69, 9.17) is 10.3 Å². The fourth-order valence-electron chi connectivity index (χ4n) is 3.66. The maximum Gasteiger partial charge on any atom is 0.229 e. The molecule has 2 heterocycles. The lowest BCUT2D eigenvalue weighted by Crippen LogP contribution is -2.42. The van der Waals surface area contributed by atoms with Crippen LogP contribution in [0.25, 0.3) is 0 Å². The molecule has 1 saturated heterocycles. The number of nitrogens with zero attached hydrogens (tertiary/aromatic N) is 3. The molecule has 0 aromatic carbocycles. The number of hydrogen-bond acceptors (Lipinski definition) is 5. The van der Waals surface area contributed by atoms with Gasteiger partial charge in [0, 0.05) is 18.0 Å². The van der Waals surface area contributed by atoms with E-state index in [2.05, 4.69) is 40.2 Å². The molecule has 1 aromatic rings. The van der Waals surface area contributed by atoms with Crippen molar-refractivity contribution in [1.29, 1.82) is 0 Å². The normalized spacial score (nSPS) is 22.8. The standard InChI is InChI=1S/C18H28N4O/c1-13(12-17(19)15-6-4-3-5-7-15)22-10-8-16(9-11-22)18-20-14(2)21-23-18/h3-4,6,13,16-17H,5,7-12,19H2,1-2H3/t13?,17-/m0/s1. The SMILES string of the molecule is Cc1noc(C2CCN(C(C)C[C@H](N)C3=CC=CCC3)CC2)n1. The van der Waals surface area contributed by atoms with Crippen molar-refractivity contribution >= 4 is 0 Å². The first-order valence-corrected chi connectivity index (χ1v) is 8.79. The molecular weight excluding hydrogens is 288 g/mol. The van der Waals surface area contributed by atoms with Crippen molar-refractivity contribution < 1.29 is 4.52 Å². The quantitative estimate of drug-likeness (QED) is 0.904. The minimum atomic E-state index is 0.186. The molecule has 5 heteroatoms. The summed E-state index contributed by atoms with van der Waals surface area (Å²) in [4.78, 5) is 6.94. The van der Waals surface area contributed by atoms with E-state index < -0.39 is 0 Å². The largest absolute Gasteiger partial charge is 0.339 e. The van der Waals surface area contributed by atoms with Gasteiger partial charge in [-0.3, -0.25) is 0 Å². The van der Waals surface area contributed by atoms with Gasteiger partial charge in [-0.15, -0.1) is 0 Å². The Bertz CT molecular complexity index is 569. The molecule has 2 aliphatic rings. The van der Waals surface area contributed by atoms with Gasteiger partial charge < -0.3 is 15.2 Å². The highest BCUT2D eigenvalue weighted by Gasteiger charge is 2.28. The molecule has 1 aliphatic carbocycles. The van der Waals surface area contributed by atoms with E-state index in [1.165, 1.54) is 5.57 Å². The Morgan fingerprint density at radius 1 is 1.39 bits per heavy atom. The number of allylic oxidation sites excluding steroid dienone is 3. The molecule has 5 nitrogen and oxygen atoms in total. The molecular formula is C18H28N4O. The lowest BCUT2D eigenvalue weighted by molar-refractivity contribution is 0.142. The highest BCUT2D eigenvalue weighted by Crippen LogP contribution is 2.28. The van der Waals surface area contributed by atoms with Crippen molar-refractivity contribution in [2.24, 2.45) is 5.73 Å². The second kappa shape index (κ2) is 7.41. The van der Waals surface area contributed by atoms with Crippen LogP contribution in [-0.4, -0.2) is 40.2 Å². The zero-order valence-electron chi connectivity index (χ0n) is 14.2. The van der Waals surface area contributed by atoms with E-state index in [0.29, 0.717) is 12.0 Å². The molecule has 0 bridgehead atoms. The summed E-state index contributed by atoms with van der Waals surface area (Å²) in [6, 6.07) is 0.702. The van der Waals surface area contributed by atoms with Gasteiger partial charge in [-0.05, 0) is 59.0 Å². The Morgan fingerprint density at radius 2 is 2.17 bits per heavy atom. The van der Waals surface area contributed by atoms with Gasteiger partial charge in [0.15, 0.2) is 5.82 Å². The summed E-state index contributed by atoms with van der Waals surface area (Å²) < 4.78 is 5.33. The molecule has 1 aromatic heterocycles. The van der Waals surface area contributed by atoms with Gasteiger partial charge in [0.1, 0.15) is 0 Å². The van der Waals surface area contributed by atoms with Crippen LogP contribution in [0.4, 0.5) is 0 Å². The van der Waals surface area contributed by atoms with Gasteiger partial charge >= 0.3 is 0 Å². The van der Waals surface area contributed by atoms with Crippen molar-refractivity contribution in [2.75, 3.05) is 13.1 Å². The topological polar surface area (TPSA) is 68.2 Å². The van der Waals surface area contributed by atoms with E-state index >= 15 is 0 Å². The van der Waals surface area contributed by atoms with Gasteiger partial charge in [-0.25, -0.2) is 0 Å². The first-order valence-electron chi connectivity index (χ1n) is 8.79. The van der Waals surface area contributed by atoms with Crippen LogP contribution in [0.15, 0.2) is 28.3 Å². The number of hydrogen-bond donors (Lipinski definition) is 1. The summed E-state index contributed by atoms with van der Waals surface area (Å²) in [6.07, 6.45) is 12.0. The number of likely N-dealkylation sites (tertiary alicyclic amines) is 1. The van der Waals surface area contributed by atoms with Crippen LogP contribution in [0, 0.1) is 6.92 Å². The van der Waals surface area contributed by atoms with Crippen molar-refractivity contribution in [1.82, 2.24) is 15.0 Å². The summed E-state index contributed by atoms with van der Waals surface area (Å²) in [6.45, 7) is 6.34. The summed E-state index contributed by atoms with van der Waals surface area (Å²) in [5.41, 5.74) is 7.81. The Hall–Kier alpha value is -1.46. The summed E-state index contributed by atoms with van der Waals surface area (Å²) >= 11 is 0. The lowest BCUT2D eigenvalue weighted by Gasteiger charge is -2.36. The third-order valence-corrected chi connectivity index (χ3v) is 5.16. The van der Waals surface area contributed by atoms with Crippen LogP contribution in [0.1, 0.15) is 56.7 Å².